The monoisotopic (exact) mass is 295 g/mol. The summed E-state index contributed by atoms with van der Waals surface area (Å²) in [6.07, 6.45) is 2.59. The van der Waals surface area contributed by atoms with Crippen LogP contribution in [0.1, 0.15) is 27.9 Å². The molecule has 4 nitrogen and oxygen atoms in total. The Kier molecular flexibility index (Phi) is 2.86. The smallest absolute Gasteiger partial charge is 0.258 e. The van der Waals surface area contributed by atoms with Crippen LogP contribution in [0.2, 0.25) is 0 Å². The quantitative estimate of drug-likeness (QED) is 0.880. The standard InChI is InChI=1S/C18H17NO3/c1-22-17-10-14-11(9-16(17)20)6-7-13-8-12-4-2-3-5-15(12)19(13)18(14)21/h2-5,9-10,13,20H,6-8H2,1H3/t13-/m1/s1. The third-order valence-electron chi connectivity index (χ3n) is 4.67. The fraction of sp³-hybridized carbons (Fsp3) is 0.278. The van der Waals surface area contributed by atoms with Gasteiger partial charge in [-0.15, -0.1) is 0 Å². The summed E-state index contributed by atoms with van der Waals surface area (Å²) in [5.41, 5.74) is 3.77. The highest BCUT2D eigenvalue weighted by Gasteiger charge is 2.37. The molecule has 2 aliphatic heterocycles. The number of aryl methyl sites for hydroxylation is 1. The molecule has 0 saturated carbocycles. The molecule has 0 unspecified atom stereocenters. The SMILES string of the molecule is COc1cc2c(cc1O)CC[C@@H]1Cc3ccccc3N1C2=O. The van der Waals surface area contributed by atoms with Crippen LogP contribution >= 0.6 is 0 Å². The van der Waals surface area contributed by atoms with E-state index in [2.05, 4.69) is 6.07 Å². The summed E-state index contributed by atoms with van der Waals surface area (Å²) in [6.45, 7) is 0. The van der Waals surface area contributed by atoms with Crippen molar-refractivity contribution in [1.29, 1.82) is 0 Å². The third-order valence-corrected chi connectivity index (χ3v) is 4.67. The lowest BCUT2D eigenvalue weighted by atomic mass is 9.99. The summed E-state index contributed by atoms with van der Waals surface area (Å²) in [7, 11) is 1.50. The number of carbonyl (C=O) groups is 1. The topological polar surface area (TPSA) is 49.8 Å². The van der Waals surface area contributed by atoms with Gasteiger partial charge in [0, 0.05) is 17.3 Å². The Morgan fingerprint density at radius 3 is 2.86 bits per heavy atom. The van der Waals surface area contributed by atoms with Gasteiger partial charge >= 0.3 is 0 Å². The van der Waals surface area contributed by atoms with Gasteiger partial charge in [0.2, 0.25) is 0 Å². The van der Waals surface area contributed by atoms with Gasteiger partial charge < -0.3 is 14.7 Å². The molecule has 0 spiro atoms. The van der Waals surface area contributed by atoms with Crippen LogP contribution in [0.15, 0.2) is 36.4 Å². The average Bonchev–Trinajstić information content (AvgIpc) is 2.84. The largest absolute Gasteiger partial charge is 0.504 e. The molecule has 0 radical (unpaired) electrons. The van der Waals surface area contributed by atoms with E-state index in [4.69, 9.17) is 4.74 Å². The highest BCUT2D eigenvalue weighted by Crippen LogP contribution is 2.40. The van der Waals surface area contributed by atoms with Gasteiger partial charge in [0.05, 0.1) is 7.11 Å². The van der Waals surface area contributed by atoms with E-state index in [1.807, 2.05) is 23.1 Å². The van der Waals surface area contributed by atoms with Gasteiger partial charge in [0.25, 0.3) is 5.91 Å². The van der Waals surface area contributed by atoms with Crippen molar-refractivity contribution in [3.8, 4) is 11.5 Å². The number of rotatable bonds is 1. The molecule has 2 heterocycles. The molecular weight excluding hydrogens is 278 g/mol. The first-order chi connectivity index (χ1) is 10.7. The summed E-state index contributed by atoms with van der Waals surface area (Å²) in [4.78, 5) is 15.0. The molecule has 112 valence electrons. The van der Waals surface area contributed by atoms with Crippen LogP contribution in [0.3, 0.4) is 0 Å². The van der Waals surface area contributed by atoms with Crippen LogP contribution < -0.4 is 9.64 Å². The zero-order valence-corrected chi connectivity index (χ0v) is 12.4. The fourth-order valence-electron chi connectivity index (χ4n) is 3.60. The maximum Gasteiger partial charge on any atom is 0.258 e. The van der Waals surface area contributed by atoms with Crippen LogP contribution in [0, 0.1) is 0 Å². The van der Waals surface area contributed by atoms with Crippen molar-refractivity contribution < 1.29 is 14.6 Å². The van der Waals surface area contributed by atoms with E-state index in [-0.39, 0.29) is 17.7 Å². The van der Waals surface area contributed by atoms with Gasteiger partial charge in [-0.05, 0) is 48.6 Å². The first-order valence-electron chi connectivity index (χ1n) is 7.50. The molecule has 1 amide bonds. The minimum absolute atomic E-state index is 0.000694. The lowest BCUT2D eigenvalue weighted by Crippen LogP contribution is -2.36. The number of hydrogen-bond acceptors (Lipinski definition) is 3. The van der Waals surface area contributed by atoms with E-state index >= 15 is 0 Å². The van der Waals surface area contributed by atoms with E-state index in [0.29, 0.717) is 11.3 Å². The van der Waals surface area contributed by atoms with Gasteiger partial charge in [-0.2, -0.15) is 0 Å². The molecule has 2 aromatic rings. The van der Waals surface area contributed by atoms with E-state index in [0.717, 1.165) is 30.5 Å². The maximum absolute atomic E-state index is 13.0. The summed E-state index contributed by atoms with van der Waals surface area (Å²) < 4.78 is 5.16. The lowest BCUT2D eigenvalue weighted by Gasteiger charge is -2.23. The van der Waals surface area contributed by atoms with E-state index in [1.54, 1.807) is 12.1 Å². The number of benzene rings is 2. The molecular formula is C18H17NO3. The summed E-state index contributed by atoms with van der Waals surface area (Å²) in [6, 6.07) is 11.6. The normalized spacial score (nSPS) is 19.2. The second kappa shape index (κ2) is 4.77. The molecule has 1 atom stereocenters. The van der Waals surface area contributed by atoms with Crippen LogP contribution in [-0.2, 0) is 12.8 Å². The zero-order chi connectivity index (χ0) is 15.3. The van der Waals surface area contributed by atoms with E-state index < -0.39 is 0 Å². The van der Waals surface area contributed by atoms with Gasteiger partial charge in [-0.25, -0.2) is 0 Å². The molecule has 0 aliphatic carbocycles. The minimum Gasteiger partial charge on any atom is -0.504 e. The summed E-state index contributed by atoms with van der Waals surface area (Å²) >= 11 is 0. The summed E-state index contributed by atoms with van der Waals surface area (Å²) in [5.74, 6) is 0.440. The molecule has 2 aliphatic rings. The Labute approximate surface area is 128 Å². The number of methoxy groups -OCH3 is 1. The van der Waals surface area contributed by atoms with Crippen molar-refractivity contribution in [3.63, 3.8) is 0 Å². The highest BCUT2D eigenvalue weighted by molar-refractivity contribution is 6.09. The molecule has 4 heteroatoms. The van der Waals surface area contributed by atoms with Gasteiger partial charge in [0.1, 0.15) is 0 Å². The third kappa shape index (κ3) is 1.80. The van der Waals surface area contributed by atoms with E-state index in [9.17, 15) is 9.90 Å². The predicted molar refractivity (Wildman–Crippen MR) is 83.7 cm³/mol. The molecule has 0 aromatic heterocycles. The number of hydrogen-bond donors (Lipinski definition) is 1. The number of anilines is 1. The number of nitrogens with zero attached hydrogens (tertiary/aromatic N) is 1. The summed E-state index contributed by atoms with van der Waals surface area (Å²) in [5, 5.41) is 9.96. The Hall–Kier alpha value is -2.49. The molecule has 1 N–H and O–H groups in total. The number of amides is 1. The molecule has 22 heavy (non-hydrogen) atoms. The first-order valence-corrected chi connectivity index (χ1v) is 7.50. The van der Waals surface area contributed by atoms with Gasteiger partial charge in [0.15, 0.2) is 11.5 Å². The molecule has 0 bridgehead atoms. The van der Waals surface area contributed by atoms with Crippen LogP contribution in [-0.4, -0.2) is 24.2 Å². The predicted octanol–water partition coefficient (Wildman–Crippen LogP) is 2.92. The average molecular weight is 295 g/mol. The van der Waals surface area contributed by atoms with Crippen molar-refractivity contribution in [3.05, 3.63) is 53.1 Å². The zero-order valence-electron chi connectivity index (χ0n) is 12.4. The molecule has 0 fully saturated rings. The van der Waals surface area contributed by atoms with Gasteiger partial charge in [-0.3, -0.25) is 4.79 Å². The number of carbonyl (C=O) groups excluding carboxylic acids is 1. The second-order valence-electron chi connectivity index (χ2n) is 5.88. The van der Waals surface area contributed by atoms with Crippen molar-refractivity contribution in [1.82, 2.24) is 0 Å². The number of aromatic hydroxyl groups is 1. The Morgan fingerprint density at radius 2 is 2.05 bits per heavy atom. The number of phenolic OH excluding ortho intramolecular Hbond substituents is 1. The van der Waals surface area contributed by atoms with Crippen LogP contribution in [0.4, 0.5) is 5.69 Å². The Bertz CT molecular complexity index is 769. The van der Waals surface area contributed by atoms with Gasteiger partial charge in [-0.1, -0.05) is 18.2 Å². The second-order valence-corrected chi connectivity index (χ2v) is 5.88. The van der Waals surface area contributed by atoms with Crippen LogP contribution in [0.5, 0.6) is 11.5 Å². The fourth-order valence-corrected chi connectivity index (χ4v) is 3.60. The number of para-hydroxylation sites is 1. The maximum atomic E-state index is 13.0. The molecule has 4 rings (SSSR count). The Morgan fingerprint density at radius 1 is 1.23 bits per heavy atom. The van der Waals surface area contributed by atoms with Crippen molar-refractivity contribution in [2.75, 3.05) is 12.0 Å². The molecule has 0 saturated heterocycles. The number of fused-ring (bicyclic) bond motifs is 4. The minimum atomic E-state index is 0.000694. The first kappa shape index (κ1) is 13.2. The van der Waals surface area contributed by atoms with Crippen molar-refractivity contribution in [2.24, 2.45) is 0 Å². The van der Waals surface area contributed by atoms with E-state index in [1.165, 1.54) is 12.7 Å². The Balaban J connectivity index is 1.85. The van der Waals surface area contributed by atoms with Crippen LogP contribution in [0.25, 0.3) is 0 Å². The number of phenols is 1. The molecule has 2 aromatic carbocycles. The number of ether oxygens (including phenoxy) is 1. The highest BCUT2D eigenvalue weighted by atomic mass is 16.5. The van der Waals surface area contributed by atoms with Crippen molar-refractivity contribution >= 4 is 11.6 Å². The van der Waals surface area contributed by atoms with Crippen molar-refractivity contribution in [2.45, 2.75) is 25.3 Å². The lowest BCUT2D eigenvalue weighted by molar-refractivity contribution is 0.0981.